The minimum Gasteiger partial charge on any atom is -0.348 e. The second kappa shape index (κ2) is 5.81. The van der Waals surface area contributed by atoms with Crippen LogP contribution in [0.2, 0.25) is 0 Å². The van der Waals surface area contributed by atoms with Crippen molar-refractivity contribution in [3.05, 3.63) is 76.0 Å². The van der Waals surface area contributed by atoms with Gasteiger partial charge in [-0.15, -0.1) is 0 Å². The first-order valence-electron chi connectivity index (χ1n) is 7.69. The smallest absolute Gasteiger partial charge is 0.222 e. The van der Waals surface area contributed by atoms with Gasteiger partial charge in [-0.25, -0.2) is 4.68 Å². The number of rotatable bonds is 2. The first kappa shape index (κ1) is 14.5. The fraction of sp³-hybridized carbons (Fsp3) is 0.222. The Morgan fingerprint density at radius 2 is 1.91 bits per heavy atom. The van der Waals surface area contributed by atoms with Crippen LogP contribution in [0.3, 0.4) is 0 Å². The van der Waals surface area contributed by atoms with Crippen molar-refractivity contribution < 1.29 is 0 Å². The number of aryl methyl sites for hydroxylation is 1. The molecule has 4 rings (SSSR count). The van der Waals surface area contributed by atoms with Gasteiger partial charge in [0.05, 0.1) is 12.1 Å². The Kier molecular flexibility index (Phi) is 3.65. The normalized spacial score (nSPS) is 19.9. The zero-order valence-electron chi connectivity index (χ0n) is 12.8. The standard InChI is InChI=1S/C18H17BrN4/c1-12-4-2-3-5-15(12)17-10-16(13-6-8-14(19)9-7-13)22-18-20-11-21-23(17)18/h2-9,11,16-17H,10H2,1H3,(H,20,21,22)/t16-,17-/m0/s1. The molecule has 4 nitrogen and oxygen atoms in total. The number of fused-ring (bicyclic) bond motifs is 1. The summed E-state index contributed by atoms with van der Waals surface area (Å²) in [5, 5.41) is 7.94. The van der Waals surface area contributed by atoms with Crippen molar-refractivity contribution in [2.75, 3.05) is 5.32 Å². The minimum atomic E-state index is 0.198. The molecule has 0 radical (unpaired) electrons. The molecule has 3 aromatic rings. The van der Waals surface area contributed by atoms with Crippen LogP contribution in [-0.4, -0.2) is 14.8 Å². The van der Waals surface area contributed by atoms with E-state index in [-0.39, 0.29) is 12.1 Å². The Balaban J connectivity index is 1.75. The van der Waals surface area contributed by atoms with E-state index >= 15 is 0 Å². The van der Waals surface area contributed by atoms with E-state index in [1.165, 1.54) is 16.7 Å². The zero-order chi connectivity index (χ0) is 15.8. The number of nitrogens with one attached hydrogen (secondary N) is 1. The molecule has 5 heteroatoms. The van der Waals surface area contributed by atoms with E-state index in [1.807, 2.05) is 4.68 Å². The van der Waals surface area contributed by atoms with Crippen LogP contribution in [0.5, 0.6) is 0 Å². The van der Waals surface area contributed by atoms with Gasteiger partial charge in [-0.2, -0.15) is 10.1 Å². The van der Waals surface area contributed by atoms with Gasteiger partial charge >= 0.3 is 0 Å². The molecule has 2 heterocycles. The third kappa shape index (κ3) is 2.65. The van der Waals surface area contributed by atoms with Crippen LogP contribution in [0.15, 0.2) is 59.3 Å². The molecule has 0 fully saturated rings. The predicted octanol–water partition coefficient (Wildman–Crippen LogP) is 4.50. The summed E-state index contributed by atoms with van der Waals surface area (Å²) in [4.78, 5) is 4.39. The molecule has 1 aliphatic rings. The van der Waals surface area contributed by atoms with Gasteiger partial charge in [0.25, 0.3) is 0 Å². The molecular weight excluding hydrogens is 352 g/mol. The summed E-state index contributed by atoms with van der Waals surface area (Å²) in [7, 11) is 0. The van der Waals surface area contributed by atoms with Crippen molar-refractivity contribution in [2.24, 2.45) is 0 Å². The van der Waals surface area contributed by atoms with Crippen LogP contribution in [0, 0.1) is 6.92 Å². The van der Waals surface area contributed by atoms with Crippen LogP contribution in [0.4, 0.5) is 5.95 Å². The van der Waals surface area contributed by atoms with Gasteiger partial charge in [-0.05, 0) is 42.2 Å². The average molecular weight is 369 g/mol. The summed E-state index contributed by atoms with van der Waals surface area (Å²) in [6, 6.07) is 17.4. The Morgan fingerprint density at radius 3 is 2.70 bits per heavy atom. The fourth-order valence-electron chi connectivity index (χ4n) is 3.25. The maximum absolute atomic E-state index is 4.43. The monoisotopic (exact) mass is 368 g/mol. The average Bonchev–Trinajstić information content (AvgIpc) is 3.04. The number of halogens is 1. The molecule has 23 heavy (non-hydrogen) atoms. The Morgan fingerprint density at radius 1 is 1.13 bits per heavy atom. The van der Waals surface area contributed by atoms with Gasteiger partial charge in [0.2, 0.25) is 5.95 Å². The Bertz CT molecular complexity index is 825. The van der Waals surface area contributed by atoms with E-state index in [0.29, 0.717) is 0 Å². The van der Waals surface area contributed by atoms with Crippen LogP contribution in [-0.2, 0) is 0 Å². The highest BCUT2D eigenvalue weighted by Gasteiger charge is 2.30. The van der Waals surface area contributed by atoms with Gasteiger partial charge in [0, 0.05) is 4.47 Å². The van der Waals surface area contributed by atoms with Crippen LogP contribution in [0.25, 0.3) is 0 Å². The third-order valence-corrected chi connectivity index (χ3v) is 4.98. The summed E-state index contributed by atoms with van der Waals surface area (Å²) >= 11 is 3.50. The van der Waals surface area contributed by atoms with E-state index in [2.05, 4.69) is 86.8 Å². The lowest BCUT2D eigenvalue weighted by atomic mass is 9.91. The molecule has 116 valence electrons. The van der Waals surface area contributed by atoms with E-state index in [9.17, 15) is 0 Å². The molecule has 0 saturated heterocycles. The molecule has 0 unspecified atom stereocenters. The first-order valence-corrected chi connectivity index (χ1v) is 8.49. The summed E-state index contributed by atoms with van der Waals surface area (Å²) in [6.45, 7) is 2.16. The molecule has 1 aliphatic heterocycles. The van der Waals surface area contributed by atoms with Gasteiger partial charge in [0.1, 0.15) is 6.33 Å². The largest absolute Gasteiger partial charge is 0.348 e. The number of nitrogens with zero attached hydrogens (tertiary/aromatic N) is 3. The Labute approximate surface area is 143 Å². The van der Waals surface area contributed by atoms with Gasteiger partial charge in [-0.3, -0.25) is 0 Å². The maximum atomic E-state index is 4.43. The van der Waals surface area contributed by atoms with Gasteiger partial charge in [0.15, 0.2) is 0 Å². The number of hydrogen-bond donors (Lipinski definition) is 1. The van der Waals surface area contributed by atoms with Crippen molar-refractivity contribution in [3.63, 3.8) is 0 Å². The molecule has 0 aliphatic carbocycles. The van der Waals surface area contributed by atoms with Crippen molar-refractivity contribution >= 4 is 21.9 Å². The number of anilines is 1. The summed E-state index contributed by atoms with van der Waals surface area (Å²) in [6.07, 6.45) is 2.57. The van der Waals surface area contributed by atoms with E-state index in [0.717, 1.165) is 16.8 Å². The lowest BCUT2D eigenvalue weighted by molar-refractivity contribution is 0.429. The minimum absolute atomic E-state index is 0.198. The van der Waals surface area contributed by atoms with E-state index < -0.39 is 0 Å². The number of benzene rings is 2. The van der Waals surface area contributed by atoms with Crippen molar-refractivity contribution in [1.82, 2.24) is 14.8 Å². The molecular formula is C18H17BrN4. The van der Waals surface area contributed by atoms with Crippen LogP contribution >= 0.6 is 15.9 Å². The maximum Gasteiger partial charge on any atom is 0.222 e. The summed E-state index contributed by atoms with van der Waals surface area (Å²) < 4.78 is 3.09. The highest BCUT2D eigenvalue weighted by molar-refractivity contribution is 9.10. The predicted molar refractivity (Wildman–Crippen MR) is 94.5 cm³/mol. The van der Waals surface area contributed by atoms with Crippen molar-refractivity contribution in [1.29, 1.82) is 0 Å². The molecule has 0 spiro atoms. The second-order valence-corrected chi connectivity index (χ2v) is 6.80. The third-order valence-electron chi connectivity index (χ3n) is 4.45. The zero-order valence-corrected chi connectivity index (χ0v) is 14.4. The number of hydrogen-bond acceptors (Lipinski definition) is 3. The highest BCUT2D eigenvalue weighted by Crippen LogP contribution is 2.38. The van der Waals surface area contributed by atoms with Crippen molar-refractivity contribution in [2.45, 2.75) is 25.4 Å². The molecule has 2 atom stereocenters. The summed E-state index contributed by atoms with van der Waals surface area (Å²) in [5.74, 6) is 0.831. The van der Waals surface area contributed by atoms with Gasteiger partial charge in [-0.1, -0.05) is 52.3 Å². The second-order valence-electron chi connectivity index (χ2n) is 5.88. The fourth-order valence-corrected chi connectivity index (χ4v) is 3.52. The molecule has 0 bridgehead atoms. The molecule has 1 N–H and O–H groups in total. The van der Waals surface area contributed by atoms with E-state index in [4.69, 9.17) is 0 Å². The van der Waals surface area contributed by atoms with Crippen LogP contribution < -0.4 is 5.32 Å². The first-order chi connectivity index (χ1) is 11.2. The van der Waals surface area contributed by atoms with Crippen molar-refractivity contribution in [3.8, 4) is 0 Å². The van der Waals surface area contributed by atoms with Crippen LogP contribution in [0.1, 0.15) is 35.2 Å². The highest BCUT2D eigenvalue weighted by atomic mass is 79.9. The quantitative estimate of drug-likeness (QED) is 0.724. The lowest BCUT2D eigenvalue weighted by Gasteiger charge is -2.32. The Hall–Kier alpha value is -2.14. The molecule has 1 aromatic heterocycles. The van der Waals surface area contributed by atoms with E-state index in [1.54, 1.807) is 6.33 Å². The lowest BCUT2D eigenvalue weighted by Crippen LogP contribution is -2.28. The summed E-state index contributed by atoms with van der Waals surface area (Å²) in [5.41, 5.74) is 3.86. The molecule has 0 amide bonds. The van der Waals surface area contributed by atoms with Gasteiger partial charge < -0.3 is 5.32 Å². The SMILES string of the molecule is Cc1ccccc1[C@@H]1C[C@@H](c2ccc(Br)cc2)Nc2ncnn21. The molecule has 0 saturated carbocycles. The number of aromatic nitrogens is 3. The molecule has 2 aromatic carbocycles. The topological polar surface area (TPSA) is 42.7 Å².